The molecule has 0 aromatic carbocycles. The number of pyridine rings is 1. The van der Waals surface area contributed by atoms with Crippen LogP contribution in [0.4, 0.5) is 0 Å². The molecule has 0 N–H and O–H groups in total. The van der Waals surface area contributed by atoms with E-state index in [1.165, 1.54) is 32.1 Å². The second-order valence-corrected chi connectivity index (χ2v) is 5.86. The molecule has 0 saturated heterocycles. The molecule has 2 heteroatoms. The fraction of sp³-hybridized carbons (Fsp3) is 0.647. The minimum atomic E-state index is 0.311. The summed E-state index contributed by atoms with van der Waals surface area (Å²) in [5.41, 5.74) is 1.10. The summed E-state index contributed by atoms with van der Waals surface area (Å²) in [7, 11) is 0. The van der Waals surface area contributed by atoms with Crippen molar-refractivity contribution in [2.75, 3.05) is 0 Å². The largest absolute Gasteiger partial charge is 0.299 e. The topological polar surface area (TPSA) is 30.0 Å². The predicted octanol–water partition coefficient (Wildman–Crippen LogP) is 4.19. The van der Waals surface area contributed by atoms with Crippen LogP contribution in [0.3, 0.4) is 0 Å². The van der Waals surface area contributed by atoms with Crippen LogP contribution in [0.25, 0.3) is 0 Å². The Morgan fingerprint density at radius 1 is 1.21 bits per heavy atom. The molecule has 1 aromatic heterocycles. The fourth-order valence-electron chi connectivity index (χ4n) is 3.11. The zero-order chi connectivity index (χ0) is 13.5. The van der Waals surface area contributed by atoms with Gasteiger partial charge in [-0.25, -0.2) is 0 Å². The standard InChI is InChI=1S/C17H25NO/c1-2-3-4-14-5-7-16(8-6-14)17(19)13-15-9-11-18-12-10-15/h9-12,14,16H,2-8,13H2,1H3. The number of nitrogens with zero attached hydrogens (tertiary/aromatic N) is 1. The zero-order valence-corrected chi connectivity index (χ0v) is 12.0. The number of carbonyl (C=O) groups excluding carboxylic acids is 1. The molecular weight excluding hydrogens is 234 g/mol. The minimum Gasteiger partial charge on any atom is -0.299 e. The number of ketones is 1. The second kappa shape index (κ2) is 7.42. The van der Waals surface area contributed by atoms with E-state index in [-0.39, 0.29) is 0 Å². The van der Waals surface area contributed by atoms with Gasteiger partial charge in [0.25, 0.3) is 0 Å². The molecule has 1 aliphatic rings. The highest BCUT2D eigenvalue weighted by molar-refractivity contribution is 5.83. The highest BCUT2D eigenvalue weighted by Crippen LogP contribution is 2.32. The average molecular weight is 259 g/mol. The van der Waals surface area contributed by atoms with E-state index in [9.17, 15) is 4.79 Å². The van der Waals surface area contributed by atoms with Gasteiger partial charge >= 0.3 is 0 Å². The Bertz CT molecular complexity index is 380. The Hall–Kier alpha value is -1.18. The van der Waals surface area contributed by atoms with Crippen molar-refractivity contribution in [2.24, 2.45) is 11.8 Å². The number of hydrogen-bond acceptors (Lipinski definition) is 2. The molecular formula is C17H25NO. The van der Waals surface area contributed by atoms with Gasteiger partial charge in [0.1, 0.15) is 5.78 Å². The van der Waals surface area contributed by atoms with Gasteiger partial charge in [0.2, 0.25) is 0 Å². The molecule has 19 heavy (non-hydrogen) atoms. The monoisotopic (exact) mass is 259 g/mol. The Balaban J connectivity index is 1.76. The quantitative estimate of drug-likeness (QED) is 0.766. The first kappa shape index (κ1) is 14.2. The van der Waals surface area contributed by atoms with Gasteiger partial charge in [-0.2, -0.15) is 0 Å². The van der Waals surface area contributed by atoms with E-state index in [0.29, 0.717) is 18.1 Å². The lowest BCUT2D eigenvalue weighted by Crippen LogP contribution is -2.23. The van der Waals surface area contributed by atoms with Gasteiger partial charge in [0.15, 0.2) is 0 Å². The molecule has 2 nitrogen and oxygen atoms in total. The summed E-state index contributed by atoms with van der Waals surface area (Å²) in [6.07, 6.45) is 12.9. The Morgan fingerprint density at radius 3 is 2.53 bits per heavy atom. The van der Waals surface area contributed by atoms with Crippen molar-refractivity contribution < 1.29 is 4.79 Å². The highest BCUT2D eigenvalue weighted by Gasteiger charge is 2.25. The summed E-state index contributed by atoms with van der Waals surface area (Å²) >= 11 is 0. The number of unbranched alkanes of at least 4 members (excludes halogenated alkanes) is 1. The smallest absolute Gasteiger partial charge is 0.140 e. The summed E-state index contributed by atoms with van der Waals surface area (Å²) in [5.74, 6) is 1.62. The van der Waals surface area contributed by atoms with Gasteiger partial charge in [-0.3, -0.25) is 9.78 Å². The molecule has 1 aromatic rings. The first-order valence-electron chi connectivity index (χ1n) is 7.71. The summed E-state index contributed by atoms with van der Waals surface area (Å²) in [5, 5.41) is 0. The van der Waals surface area contributed by atoms with Crippen LogP contribution in [0.15, 0.2) is 24.5 Å². The average Bonchev–Trinajstić information content (AvgIpc) is 2.46. The first-order chi connectivity index (χ1) is 9.29. The third-order valence-corrected chi connectivity index (χ3v) is 4.40. The summed E-state index contributed by atoms with van der Waals surface area (Å²) in [4.78, 5) is 16.3. The van der Waals surface area contributed by atoms with Gasteiger partial charge in [-0.15, -0.1) is 0 Å². The van der Waals surface area contributed by atoms with Crippen LogP contribution >= 0.6 is 0 Å². The molecule has 1 aliphatic carbocycles. The minimum absolute atomic E-state index is 0.311. The van der Waals surface area contributed by atoms with E-state index in [0.717, 1.165) is 24.3 Å². The third-order valence-electron chi connectivity index (χ3n) is 4.40. The van der Waals surface area contributed by atoms with Gasteiger partial charge in [-0.1, -0.05) is 26.2 Å². The maximum absolute atomic E-state index is 12.3. The van der Waals surface area contributed by atoms with Gasteiger partial charge in [0, 0.05) is 24.7 Å². The summed E-state index contributed by atoms with van der Waals surface area (Å²) < 4.78 is 0. The lowest BCUT2D eigenvalue weighted by atomic mass is 9.77. The van der Waals surface area contributed by atoms with E-state index in [1.54, 1.807) is 12.4 Å². The fourth-order valence-corrected chi connectivity index (χ4v) is 3.11. The van der Waals surface area contributed by atoms with E-state index >= 15 is 0 Å². The van der Waals surface area contributed by atoms with E-state index in [2.05, 4.69) is 11.9 Å². The lowest BCUT2D eigenvalue weighted by molar-refractivity contribution is -0.123. The summed E-state index contributed by atoms with van der Waals surface area (Å²) in [6.45, 7) is 2.25. The SMILES string of the molecule is CCCCC1CCC(C(=O)Cc2ccncc2)CC1. The molecule has 0 bridgehead atoms. The first-order valence-corrected chi connectivity index (χ1v) is 7.71. The number of carbonyl (C=O) groups is 1. The predicted molar refractivity (Wildman–Crippen MR) is 77.9 cm³/mol. The maximum Gasteiger partial charge on any atom is 0.140 e. The van der Waals surface area contributed by atoms with Crippen molar-refractivity contribution in [1.29, 1.82) is 0 Å². The van der Waals surface area contributed by atoms with E-state index in [1.807, 2.05) is 12.1 Å². The molecule has 0 spiro atoms. The normalized spacial score (nSPS) is 23.2. The molecule has 0 aliphatic heterocycles. The molecule has 1 saturated carbocycles. The van der Waals surface area contributed by atoms with Crippen LogP contribution in [0.1, 0.15) is 57.4 Å². The number of Topliss-reactive ketones (excluding diaryl/α,β-unsaturated/α-hetero) is 1. The van der Waals surface area contributed by atoms with Crippen LogP contribution < -0.4 is 0 Å². The molecule has 0 amide bonds. The van der Waals surface area contributed by atoms with Crippen LogP contribution in [-0.4, -0.2) is 10.8 Å². The van der Waals surface area contributed by atoms with Gasteiger partial charge < -0.3 is 0 Å². The maximum atomic E-state index is 12.3. The van der Waals surface area contributed by atoms with Crippen molar-refractivity contribution in [3.63, 3.8) is 0 Å². The van der Waals surface area contributed by atoms with Crippen LogP contribution in [0.5, 0.6) is 0 Å². The van der Waals surface area contributed by atoms with Crippen molar-refractivity contribution in [3.05, 3.63) is 30.1 Å². The molecule has 0 unspecified atom stereocenters. The van der Waals surface area contributed by atoms with Crippen molar-refractivity contribution >= 4 is 5.78 Å². The Kier molecular flexibility index (Phi) is 5.56. The number of rotatable bonds is 6. The molecule has 0 atom stereocenters. The lowest BCUT2D eigenvalue weighted by Gasteiger charge is -2.27. The van der Waals surface area contributed by atoms with Crippen molar-refractivity contribution in [1.82, 2.24) is 4.98 Å². The van der Waals surface area contributed by atoms with Crippen LogP contribution in [-0.2, 0) is 11.2 Å². The number of hydrogen-bond donors (Lipinski definition) is 0. The van der Waals surface area contributed by atoms with E-state index < -0.39 is 0 Å². The number of aromatic nitrogens is 1. The van der Waals surface area contributed by atoms with E-state index in [4.69, 9.17) is 0 Å². The van der Waals surface area contributed by atoms with Crippen molar-refractivity contribution in [3.8, 4) is 0 Å². The molecule has 2 rings (SSSR count). The van der Waals surface area contributed by atoms with Crippen molar-refractivity contribution in [2.45, 2.75) is 58.3 Å². The van der Waals surface area contributed by atoms with Crippen LogP contribution in [0.2, 0.25) is 0 Å². The Morgan fingerprint density at radius 2 is 1.89 bits per heavy atom. The molecule has 104 valence electrons. The summed E-state index contributed by atoms with van der Waals surface area (Å²) in [6, 6.07) is 3.90. The Labute approximate surface area is 116 Å². The highest BCUT2D eigenvalue weighted by atomic mass is 16.1. The van der Waals surface area contributed by atoms with Crippen LogP contribution in [0, 0.1) is 11.8 Å². The molecule has 1 heterocycles. The van der Waals surface area contributed by atoms with Gasteiger partial charge in [0.05, 0.1) is 0 Å². The molecule has 0 radical (unpaired) electrons. The third kappa shape index (κ3) is 4.45. The second-order valence-electron chi connectivity index (χ2n) is 5.86. The zero-order valence-electron chi connectivity index (χ0n) is 12.0. The van der Waals surface area contributed by atoms with Gasteiger partial charge in [-0.05, 0) is 49.3 Å². The molecule has 1 fully saturated rings.